The van der Waals surface area contributed by atoms with Gasteiger partial charge in [0.15, 0.2) is 0 Å². The van der Waals surface area contributed by atoms with Crippen molar-refractivity contribution >= 4 is 21.8 Å². The van der Waals surface area contributed by atoms with Crippen molar-refractivity contribution in [3.8, 4) is 0 Å². The smallest absolute Gasteiger partial charge is 0.233 e. The summed E-state index contributed by atoms with van der Waals surface area (Å²) in [6.45, 7) is 0. The molecule has 2 nitrogen and oxygen atoms in total. The van der Waals surface area contributed by atoms with E-state index in [1.165, 1.54) is 32.1 Å². The van der Waals surface area contributed by atoms with Gasteiger partial charge in [0.05, 0.1) is 5.33 Å². The van der Waals surface area contributed by atoms with E-state index >= 15 is 0 Å². The molecule has 1 aliphatic rings. The molecule has 0 unspecified atom stereocenters. The average Bonchev–Trinajstić information content (AvgIpc) is 2.17. The fraction of sp³-hybridized carbons (Fsp3) is 0.889. The standard InChI is InChI=1S/C9H16BrNO/c1-11(9(12)7-10)8-5-3-2-4-6-8/h8H,2-7H2,1H3. The molecule has 0 radical (unpaired) electrons. The second-order valence-electron chi connectivity index (χ2n) is 3.43. The summed E-state index contributed by atoms with van der Waals surface area (Å²) in [7, 11) is 1.92. The van der Waals surface area contributed by atoms with Crippen LogP contribution < -0.4 is 0 Å². The third-order valence-electron chi connectivity index (χ3n) is 2.63. The second-order valence-corrected chi connectivity index (χ2v) is 3.99. The molecule has 0 aromatic rings. The number of carbonyl (C=O) groups is 1. The number of amides is 1. The molecule has 12 heavy (non-hydrogen) atoms. The monoisotopic (exact) mass is 233 g/mol. The summed E-state index contributed by atoms with van der Waals surface area (Å²) in [6, 6.07) is 0.504. The number of hydrogen-bond acceptors (Lipinski definition) is 1. The number of carbonyl (C=O) groups excluding carboxylic acids is 1. The van der Waals surface area contributed by atoms with Gasteiger partial charge in [-0.05, 0) is 12.8 Å². The minimum atomic E-state index is 0.210. The Morgan fingerprint density at radius 1 is 1.42 bits per heavy atom. The van der Waals surface area contributed by atoms with Crippen molar-refractivity contribution in [2.75, 3.05) is 12.4 Å². The topological polar surface area (TPSA) is 20.3 Å². The van der Waals surface area contributed by atoms with Crippen LogP contribution in [0.3, 0.4) is 0 Å². The Morgan fingerprint density at radius 2 is 2.00 bits per heavy atom. The van der Waals surface area contributed by atoms with Crippen LogP contribution in [0.1, 0.15) is 32.1 Å². The molecule has 0 bridgehead atoms. The Hall–Kier alpha value is -0.0500. The molecule has 1 fully saturated rings. The largest absolute Gasteiger partial charge is 0.342 e. The molecule has 0 heterocycles. The molecule has 1 amide bonds. The summed E-state index contributed by atoms with van der Waals surface area (Å²) < 4.78 is 0. The Bertz CT molecular complexity index is 155. The third kappa shape index (κ3) is 2.47. The lowest BCUT2D eigenvalue weighted by Gasteiger charge is -2.30. The van der Waals surface area contributed by atoms with Crippen LogP contribution in [0.25, 0.3) is 0 Å². The number of rotatable bonds is 2. The quantitative estimate of drug-likeness (QED) is 0.670. The summed E-state index contributed by atoms with van der Waals surface area (Å²) in [5.41, 5.74) is 0. The van der Waals surface area contributed by atoms with Gasteiger partial charge >= 0.3 is 0 Å². The van der Waals surface area contributed by atoms with Gasteiger partial charge in [0.1, 0.15) is 0 Å². The molecule has 0 aromatic carbocycles. The van der Waals surface area contributed by atoms with Gasteiger partial charge < -0.3 is 4.90 Å². The van der Waals surface area contributed by atoms with Crippen molar-refractivity contribution < 1.29 is 4.79 Å². The number of alkyl halides is 1. The van der Waals surface area contributed by atoms with Crippen molar-refractivity contribution in [3.63, 3.8) is 0 Å². The SMILES string of the molecule is CN(C(=O)CBr)C1CCCCC1. The zero-order chi connectivity index (χ0) is 8.97. The molecular formula is C9H16BrNO. The first-order chi connectivity index (χ1) is 5.75. The summed E-state index contributed by atoms with van der Waals surface area (Å²) in [6.07, 6.45) is 6.28. The normalized spacial score (nSPS) is 19.2. The van der Waals surface area contributed by atoms with E-state index in [0.29, 0.717) is 11.4 Å². The molecule has 0 aromatic heterocycles. The minimum absolute atomic E-state index is 0.210. The molecule has 1 saturated carbocycles. The van der Waals surface area contributed by atoms with E-state index in [4.69, 9.17) is 0 Å². The zero-order valence-electron chi connectivity index (χ0n) is 7.55. The van der Waals surface area contributed by atoms with Gasteiger partial charge in [-0.1, -0.05) is 35.2 Å². The van der Waals surface area contributed by atoms with E-state index in [0.717, 1.165) is 0 Å². The lowest BCUT2D eigenvalue weighted by Crippen LogP contribution is -2.38. The van der Waals surface area contributed by atoms with E-state index in [-0.39, 0.29) is 5.91 Å². The van der Waals surface area contributed by atoms with E-state index < -0.39 is 0 Å². The molecule has 0 saturated heterocycles. The lowest BCUT2D eigenvalue weighted by molar-refractivity contribution is -0.129. The first-order valence-corrected chi connectivity index (χ1v) is 5.69. The van der Waals surface area contributed by atoms with Gasteiger partial charge in [-0.25, -0.2) is 0 Å². The van der Waals surface area contributed by atoms with Gasteiger partial charge in [-0.15, -0.1) is 0 Å². The molecule has 0 aliphatic heterocycles. The molecular weight excluding hydrogens is 218 g/mol. The third-order valence-corrected chi connectivity index (χ3v) is 3.11. The molecule has 70 valence electrons. The van der Waals surface area contributed by atoms with Crippen molar-refractivity contribution in [1.82, 2.24) is 4.90 Å². The Kier molecular flexibility index (Phi) is 4.06. The van der Waals surface area contributed by atoms with Gasteiger partial charge in [-0.3, -0.25) is 4.79 Å². The highest BCUT2D eigenvalue weighted by Crippen LogP contribution is 2.21. The molecule has 1 aliphatic carbocycles. The van der Waals surface area contributed by atoms with Crippen LogP contribution in [0.15, 0.2) is 0 Å². The van der Waals surface area contributed by atoms with Crippen molar-refractivity contribution in [3.05, 3.63) is 0 Å². The van der Waals surface area contributed by atoms with Gasteiger partial charge in [0.2, 0.25) is 5.91 Å². The average molecular weight is 234 g/mol. The van der Waals surface area contributed by atoms with Crippen molar-refractivity contribution in [1.29, 1.82) is 0 Å². The van der Waals surface area contributed by atoms with E-state index in [1.807, 2.05) is 11.9 Å². The number of nitrogens with zero attached hydrogens (tertiary/aromatic N) is 1. The molecule has 0 atom stereocenters. The summed E-state index contributed by atoms with van der Waals surface area (Å²) in [5.74, 6) is 0.210. The maximum absolute atomic E-state index is 11.3. The van der Waals surface area contributed by atoms with Gasteiger partial charge in [-0.2, -0.15) is 0 Å². The van der Waals surface area contributed by atoms with Crippen LogP contribution in [0.2, 0.25) is 0 Å². The molecule has 0 N–H and O–H groups in total. The van der Waals surface area contributed by atoms with Crippen LogP contribution in [-0.2, 0) is 4.79 Å². The highest BCUT2D eigenvalue weighted by atomic mass is 79.9. The summed E-state index contributed by atoms with van der Waals surface area (Å²) >= 11 is 3.19. The maximum atomic E-state index is 11.3. The highest BCUT2D eigenvalue weighted by Gasteiger charge is 2.20. The fourth-order valence-corrected chi connectivity index (χ4v) is 2.16. The first-order valence-electron chi connectivity index (χ1n) is 4.57. The summed E-state index contributed by atoms with van der Waals surface area (Å²) in [4.78, 5) is 13.2. The van der Waals surface area contributed by atoms with Crippen LogP contribution in [0, 0.1) is 0 Å². The van der Waals surface area contributed by atoms with E-state index in [2.05, 4.69) is 15.9 Å². The van der Waals surface area contributed by atoms with Gasteiger partial charge in [0.25, 0.3) is 0 Å². The Balaban J connectivity index is 2.39. The zero-order valence-corrected chi connectivity index (χ0v) is 9.14. The number of halogens is 1. The molecule has 3 heteroatoms. The highest BCUT2D eigenvalue weighted by molar-refractivity contribution is 9.09. The maximum Gasteiger partial charge on any atom is 0.233 e. The Morgan fingerprint density at radius 3 is 2.50 bits per heavy atom. The Labute approximate surface area is 82.4 Å². The minimum Gasteiger partial charge on any atom is -0.342 e. The first kappa shape index (κ1) is 10.0. The van der Waals surface area contributed by atoms with E-state index in [9.17, 15) is 4.79 Å². The predicted octanol–water partition coefficient (Wildman–Crippen LogP) is 2.17. The number of hydrogen-bond donors (Lipinski definition) is 0. The molecule has 0 spiro atoms. The predicted molar refractivity (Wildman–Crippen MR) is 53.4 cm³/mol. The van der Waals surface area contributed by atoms with E-state index in [1.54, 1.807) is 0 Å². The van der Waals surface area contributed by atoms with Crippen LogP contribution in [0.4, 0.5) is 0 Å². The van der Waals surface area contributed by atoms with Crippen LogP contribution in [-0.4, -0.2) is 29.2 Å². The fourth-order valence-electron chi connectivity index (χ4n) is 1.77. The van der Waals surface area contributed by atoms with Crippen LogP contribution >= 0.6 is 15.9 Å². The summed E-state index contributed by atoms with van der Waals surface area (Å²) in [5, 5.41) is 0.458. The van der Waals surface area contributed by atoms with Crippen molar-refractivity contribution in [2.24, 2.45) is 0 Å². The van der Waals surface area contributed by atoms with Crippen molar-refractivity contribution in [2.45, 2.75) is 38.1 Å². The van der Waals surface area contributed by atoms with Gasteiger partial charge in [0, 0.05) is 13.1 Å². The second kappa shape index (κ2) is 4.85. The lowest BCUT2D eigenvalue weighted by atomic mass is 9.94. The van der Waals surface area contributed by atoms with Crippen LogP contribution in [0.5, 0.6) is 0 Å². The molecule has 1 rings (SSSR count).